The van der Waals surface area contributed by atoms with E-state index in [1.54, 1.807) is 18.2 Å². The van der Waals surface area contributed by atoms with Gasteiger partial charge in [0, 0.05) is 27.7 Å². The third-order valence-corrected chi connectivity index (χ3v) is 4.28. The Kier molecular flexibility index (Phi) is 5.57. The summed E-state index contributed by atoms with van der Waals surface area (Å²) in [5.74, 6) is 0. The Bertz CT molecular complexity index is 1170. The molecular formula is C17H11Cl2N5O4. The number of aromatic amines is 1. The number of anilines is 1. The van der Waals surface area contributed by atoms with Crippen molar-refractivity contribution in [1.29, 1.82) is 0 Å². The summed E-state index contributed by atoms with van der Waals surface area (Å²) in [6.45, 7) is 0. The van der Waals surface area contributed by atoms with Crippen molar-refractivity contribution in [2.45, 2.75) is 0 Å². The Labute approximate surface area is 167 Å². The molecular weight excluding hydrogens is 409 g/mol. The van der Waals surface area contributed by atoms with Crippen molar-refractivity contribution >= 4 is 46.7 Å². The van der Waals surface area contributed by atoms with Gasteiger partial charge in [-0.25, -0.2) is 9.89 Å². The van der Waals surface area contributed by atoms with Crippen LogP contribution in [0.2, 0.25) is 10.0 Å². The van der Waals surface area contributed by atoms with E-state index in [0.717, 1.165) is 0 Å². The number of aromatic nitrogens is 3. The van der Waals surface area contributed by atoms with Crippen LogP contribution in [0.3, 0.4) is 0 Å². The second-order valence-electron chi connectivity index (χ2n) is 5.44. The van der Waals surface area contributed by atoms with E-state index in [-0.39, 0.29) is 11.4 Å². The summed E-state index contributed by atoms with van der Waals surface area (Å²) in [7, 11) is 0. The molecule has 0 saturated heterocycles. The molecule has 0 atom stereocenters. The van der Waals surface area contributed by atoms with Gasteiger partial charge in [-0.2, -0.15) is 9.77 Å². The van der Waals surface area contributed by atoms with Crippen molar-refractivity contribution in [2.75, 3.05) is 5.43 Å². The second-order valence-corrected chi connectivity index (χ2v) is 6.25. The highest BCUT2D eigenvalue weighted by atomic mass is 35.5. The summed E-state index contributed by atoms with van der Waals surface area (Å²) in [6.07, 6.45) is 2.86. The first-order valence-corrected chi connectivity index (χ1v) is 8.47. The maximum absolute atomic E-state index is 12.6. The Morgan fingerprint density at radius 1 is 1.07 bits per heavy atom. The van der Waals surface area contributed by atoms with Gasteiger partial charge in [-0.05, 0) is 36.4 Å². The lowest BCUT2D eigenvalue weighted by atomic mass is 10.2. The van der Waals surface area contributed by atoms with E-state index in [0.29, 0.717) is 26.0 Å². The molecule has 2 N–H and O–H groups in total. The van der Waals surface area contributed by atoms with Crippen LogP contribution in [0, 0.1) is 10.1 Å². The van der Waals surface area contributed by atoms with E-state index in [1.807, 2.05) is 0 Å². The SMILES string of the molecule is O=c1[nH]nc(/C=C/c2c(Cl)cccc2Cl)c(=O)n1Nc1ccc([N+](=O)[O-])cc1. The van der Waals surface area contributed by atoms with Gasteiger partial charge in [0.2, 0.25) is 0 Å². The topological polar surface area (TPSA) is 123 Å². The molecule has 3 rings (SSSR count). The minimum absolute atomic E-state index is 0.0787. The van der Waals surface area contributed by atoms with Gasteiger partial charge in [0.05, 0.1) is 10.6 Å². The minimum atomic E-state index is -0.809. The normalized spacial score (nSPS) is 10.9. The molecule has 11 heteroatoms. The number of H-pyrrole nitrogens is 1. The Morgan fingerprint density at radius 2 is 1.71 bits per heavy atom. The Morgan fingerprint density at radius 3 is 2.32 bits per heavy atom. The Hall–Kier alpha value is -3.43. The molecule has 142 valence electrons. The fourth-order valence-electron chi connectivity index (χ4n) is 2.24. The zero-order valence-corrected chi connectivity index (χ0v) is 15.4. The highest BCUT2D eigenvalue weighted by molar-refractivity contribution is 6.37. The van der Waals surface area contributed by atoms with Gasteiger partial charge in [-0.3, -0.25) is 20.3 Å². The average Bonchev–Trinajstić information content (AvgIpc) is 2.66. The maximum Gasteiger partial charge on any atom is 0.364 e. The number of rotatable bonds is 5. The first-order valence-electron chi connectivity index (χ1n) is 7.72. The fourth-order valence-corrected chi connectivity index (χ4v) is 2.77. The molecule has 0 aliphatic heterocycles. The molecule has 0 bridgehead atoms. The Balaban J connectivity index is 1.94. The van der Waals surface area contributed by atoms with Crippen LogP contribution >= 0.6 is 23.2 Å². The van der Waals surface area contributed by atoms with E-state index < -0.39 is 16.2 Å². The van der Waals surface area contributed by atoms with Crippen molar-refractivity contribution in [3.63, 3.8) is 0 Å². The summed E-state index contributed by atoms with van der Waals surface area (Å²) in [6, 6.07) is 10.2. The van der Waals surface area contributed by atoms with Crippen LogP contribution in [0.25, 0.3) is 12.2 Å². The van der Waals surface area contributed by atoms with Gasteiger partial charge < -0.3 is 0 Å². The summed E-state index contributed by atoms with van der Waals surface area (Å²) < 4.78 is 0.696. The maximum atomic E-state index is 12.6. The van der Waals surface area contributed by atoms with Crippen LogP contribution in [0.1, 0.15) is 11.3 Å². The molecule has 3 aromatic rings. The number of hydrogen-bond acceptors (Lipinski definition) is 6. The van der Waals surface area contributed by atoms with E-state index in [9.17, 15) is 19.7 Å². The van der Waals surface area contributed by atoms with Crippen LogP contribution < -0.4 is 16.7 Å². The van der Waals surface area contributed by atoms with Crippen LogP contribution in [0.15, 0.2) is 52.1 Å². The van der Waals surface area contributed by atoms with Crippen molar-refractivity contribution in [2.24, 2.45) is 0 Å². The lowest BCUT2D eigenvalue weighted by molar-refractivity contribution is -0.384. The van der Waals surface area contributed by atoms with Crippen molar-refractivity contribution in [1.82, 2.24) is 14.9 Å². The van der Waals surface area contributed by atoms with Gasteiger partial charge in [-0.15, -0.1) is 0 Å². The largest absolute Gasteiger partial charge is 0.364 e. The molecule has 2 aromatic carbocycles. The van der Waals surface area contributed by atoms with Crippen LogP contribution in [-0.2, 0) is 0 Å². The van der Waals surface area contributed by atoms with E-state index in [2.05, 4.69) is 15.6 Å². The number of nitro groups is 1. The first kappa shape index (κ1) is 19.3. The molecule has 0 fully saturated rings. The molecule has 0 aliphatic rings. The quantitative estimate of drug-likeness (QED) is 0.483. The zero-order valence-electron chi connectivity index (χ0n) is 13.9. The molecule has 1 aromatic heterocycles. The van der Waals surface area contributed by atoms with Crippen LogP contribution in [0.5, 0.6) is 0 Å². The molecule has 0 radical (unpaired) electrons. The molecule has 0 aliphatic carbocycles. The fraction of sp³-hybridized carbons (Fsp3) is 0. The monoisotopic (exact) mass is 419 g/mol. The molecule has 0 spiro atoms. The molecule has 1 heterocycles. The number of halogens is 2. The summed E-state index contributed by atoms with van der Waals surface area (Å²) >= 11 is 12.2. The lowest BCUT2D eigenvalue weighted by Gasteiger charge is -2.08. The molecule has 9 nitrogen and oxygen atoms in total. The number of nitrogens with zero attached hydrogens (tertiary/aromatic N) is 3. The van der Waals surface area contributed by atoms with Gasteiger partial charge in [0.1, 0.15) is 0 Å². The van der Waals surface area contributed by atoms with Crippen molar-refractivity contribution < 1.29 is 4.92 Å². The zero-order chi connectivity index (χ0) is 20.3. The second kappa shape index (κ2) is 8.07. The number of benzene rings is 2. The van der Waals surface area contributed by atoms with E-state index in [1.165, 1.54) is 36.4 Å². The van der Waals surface area contributed by atoms with Gasteiger partial charge in [0.25, 0.3) is 5.69 Å². The lowest BCUT2D eigenvalue weighted by Crippen LogP contribution is -2.41. The molecule has 0 unspecified atom stereocenters. The van der Waals surface area contributed by atoms with Gasteiger partial charge in [0.15, 0.2) is 5.69 Å². The predicted molar refractivity (Wildman–Crippen MR) is 107 cm³/mol. The van der Waals surface area contributed by atoms with Crippen molar-refractivity contribution in [3.8, 4) is 0 Å². The van der Waals surface area contributed by atoms with Crippen LogP contribution in [-0.4, -0.2) is 19.8 Å². The number of hydrogen-bond donors (Lipinski definition) is 2. The van der Waals surface area contributed by atoms with Gasteiger partial charge in [-0.1, -0.05) is 29.3 Å². The number of nitrogens with one attached hydrogen (secondary N) is 2. The third-order valence-electron chi connectivity index (χ3n) is 3.62. The van der Waals surface area contributed by atoms with Crippen LogP contribution in [0.4, 0.5) is 11.4 Å². The predicted octanol–water partition coefficient (Wildman–Crippen LogP) is 3.19. The molecule has 0 saturated carbocycles. The summed E-state index contributed by atoms with van der Waals surface area (Å²) in [4.78, 5) is 34.7. The highest BCUT2D eigenvalue weighted by Gasteiger charge is 2.10. The molecule has 0 amide bonds. The minimum Gasteiger partial charge on any atom is -0.287 e. The highest BCUT2D eigenvalue weighted by Crippen LogP contribution is 2.25. The van der Waals surface area contributed by atoms with Crippen molar-refractivity contribution in [3.05, 3.63) is 94.7 Å². The van der Waals surface area contributed by atoms with Gasteiger partial charge >= 0.3 is 11.2 Å². The third kappa shape index (κ3) is 4.11. The smallest absolute Gasteiger partial charge is 0.287 e. The average molecular weight is 420 g/mol. The van der Waals surface area contributed by atoms with E-state index >= 15 is 0 Å². The molecule has 28 heavy (non-hydrogen) atoms. The first-order chi connectivity index (χ1) is 13.4. The standard InChI is InChI=1S/C17H11Cl2N5O4/c18-13-2-1-3-14(19)12(13)8-9-15-16(25)23(17(26)21-20-15)22-10-4-6-11(7-5-10)24(27)28/h1-9,22H,(H,21,26)/b9-8+. The number of nitro benzene ring substituents is 1. The van der Waals surface area contributed by atoms with E-state index in [4.69, 9.17) is 23.2 Å². The summed E-state index contributed by atoms with van der Waals surface area (Å²) in [5.41, 5.74) is 1.63. The summed E-state index contributed by atoms with van der Waals surface area (Å²) in [5, 5.41) is 17.4. The number of non-ortho nitro benzene ring substituents is 1.